The van der Waals surface area contributed by atoms with Gasteiger partial charge in [0.1, 0.15) is 5.82 Å². The number of carboxylic acids is 1. The average Bonchev–Trinajstić information content (AvgIpc) is 3.32. The summed E-state index contributed by atoms with van der Waals surface area (Å²) in [6, 6.07) is 14.7. The molecule has 1 amide bonds. The van der Waals surface area contributed by atoms with E-state index in [1.165, 1.54) is 0 Å². The molecule has 2 aromatic carbocycles. The number of anilines is 1. The number of hydrogen-bond acceptors (Lipinski definition) is 5. The molecule has 0 spiro atoms. The normalized spacial score (nSPS) is 20.0. The zero-order valence-corrected chi connectivity index (χ0v) is 24.0. The van der Waals surface area contributed by atoms with Crippen molar-refractivity contribution in [1.29, 1.82) is 0 Å². The molecule has 1 saturated heterocycles. The number of fused-ring (bicyclic) bond motifs is 2. The van der Waals surface area contributed by atoms with E-state index in [0.29, 0.717) is 31.1 Å². The summed E-state index contributed by atoms with van der Waals surface area (Å²) in [6.07, 6.45) is 0.109. The highest BCUT2D eigenvalue weighted by Crippen LogP contribution is 2.53. The van der Waals surface area contributed by atoms with Crippen LogP contribution in [0.4, 0.5) is 19.0 Å². The van der Waals surface area contributed by atoms with Crippen LogP contribution in [0.3, 0.4) is 0 Å². The first-order chi connectivity index (χ1) is 20.5. The number of nitrogens with zero attached hydrogens (tertiary/aromatic N) is 5. The number of piperidine rings is 1. The maximum atomic E-state index is 14.3. The van der Waals surface area contributed by atoms with Gasteiger partial charge in [-0.3, -0.25) is 9.59 Å². The summed E-state index contributed by atoms with van der Waals surface area (Å²) in [4.78, 5) is 33.1. The number of likely N-dealkylation sites (tertiary alicyclic amines) is 1. The van der Waals surface area contributed by atoms with E-state index in [9.17, 15) is 22.8 Å². The molecule has 2 aliphatic rings. The largest absolute Gasteiger partial charge is 0.481 e. The molecule has 0 bridgehead atoms. The number of aromatic nitrogens is 3. The Morgan fingerprint density at radius 3 is 2.26 bits per heavy atom. The minimum Gasteiger partial charge on any atom is -0.481 e. The van der Waals surface area contributed by atoms with Crippen LogP contribution in [0.5, 0.6) is 0 Å². The molecule has 2 unspecified atom stereocenters. The smallest absolute Gasteiger partial charge is 0.303 e. The summed E-state index contributed by atoms with van der Waals surface area (Å²) in [5.41, 5.74) is 1.74. The van der Waals surface area contributed by atoms with Gasteiger partial charge >= 0.3 is 5.97 Å². The molecule has 2 aromatic heterocycles. The fourth-order valence-corrected chi connectivity index (χ4v) is 6.36. The number of carbonyl (C=O) groups is 2. The average molecular weight is 592 g/mol. The second-order valence-electron chi connectivity index (χ2n) is 12.0. The summed E-state index contributed by atoms with van der Waals surface area (Å²) < 4.78 is 43.9. The van der Waals surface area contributed by atoms with Gasteiger partial charge in [0.05, 0.1) is 11.7 Å². The van der Waals surface area contributed by atoms with Crippen LogP contribution in [0.15, 0.2) is 54.6 Å². The summed E-state index contributed by atoms with van der Waals surface area (Å²) in [6.45, 7) is 7.72. The molecule has 1 saturated carbocycles. The van der Waals surface area contributed by atoms with Crippen molar-refractivity contribution < 1.29 is 27.9 Å². The summed E-state index contributed by atoms with van der Waals surface area (Å²) in [7, 11) is 0. The topological polar surface area (TPSA) is 91.0 Å². The molecule has 43 heavy (non-hydrogen) atoms. The van der Waals surface area contributed by atoms with Crippen molar-refractivity contribution in [3.8, 4) is 11.3 Å². The van der Waals surface area contributed by atoms with Crippen LogP contribution < -0.4 is 4.90 Å². The molecule has 3 heterocycles. The molecule has 4 aromatic rings. The van der Waals surface area contributed by atoms with E-state index in [1.807, 2.05) is 37.3 Å². The third-order valence-corrected chi connectivity index (χ3v) is 8.58. The summed E-state index contributed by atoms with van der Waals surface area (Å²) in [5, 5.41) is 13.8. The van der Waals surface area contributed by atoms with Gasteiger partial charge in [-0.15, -0.1) is 0 Å². The van der Waals surface area contributed by atoms with Gasteiger partial charge in [-0.25, -0.2) is 18.2 Å². The Hall–Kier alpha value is -4.41. The van der Waals surface area contributed by atoms with Crippen LogP contribution in [0.1, 0.15) is 49.3 Å². The van der Waals surface area contributed by atoms with Crippen molar-refractivity contribution in [3.05, 3.63) is 83.3 Å². The number of hydrogen-bond donors (Lipinski definition) is 1. The van der Waals surface area contributed by atoms with Crippen LogP contribution in [0, 0.1) is 41.1 Å². The number of benzene rings is 2. The van der Waals surface area contributed by atoms with Crippen LogP contribution in [-0.2, 0) is 4.79 Å². The lowest BCUT2D eigenvalue weighted by molar-refractivity contribution is -0.137. The van der Waals surface area contributed by atoms with E-state index in [-0.39, 0.29) is 59.0 Å². The number of carboxylic acid groups (broad SMARTS) is 1. The maximum Gasteiger partial charge on any atom is 0.303 e. The van der Waals surface area contributed by atoms with Gasteiger partial charge in [0.15, 0.2) is 28.8 Å². The zero-order valence-electron chi connectivity index (χ0n) is 24.0. The third-order valence-electron chi connectivity index (χ3n) is 8.58. The van der Waals surface area contributed by atoms with Gasteiger partial charge in [0, 0.05) is 43.8 Å². The first-order valence-corrected chi connectivity index (χ1v) is 14.4. The van der Waals surface area contributed by atoms with Gasteiger partial charge in [0.2, 0.25) is 0 Å². The molecule has 8 nitrogen and oxygen atoms in total. The van der Waals surface area contributed by atoms with Crippen molar-refractivity contribution in [2.45, 2.75) is 33.2 Å². The van der Waals surface area contributed by atoms with Crippen LogP contribution in [-0.4, -0.2) is 56.1 Å². The molecule has 11 heteroatoms. The quantitative estimate of drug-likeness (QED) is 0.247. The van der Waals surface area contributed by atoms with Gasteiger partial charge in [-0.1, -0.05) is 44.2 Å². The molecule has 1 aliphatic heterocycles. The monoisotopic (exact) mass is 591 g/mol. The van der Waals surface area contributed by atoms with Crippen LogP contribution >= 0.6 is 0 Å². The predicted octanol–water partition coefficient (Wildman–Crippen LogP) is 5.83. The van der Waals surface area contributed by atoms with E-state index in [4.69, 9.17) is 5.11 Å². The van der Waals surface area contributed by atoms with Gasteiger partial charge in [-0.2, -0.15) is 9.61 Å². The first-order valence-electron chi connectivity index (χ1n) is 14.4. The molecule has 6 rings (SSSR count). The minimum atomic E-state index is -1.56. The van der Waals surface area contributed by atoms with Crippen LogP contribution in [0.2, 0.25) is 0 Å². The number of amides is 1. The van der Waals surface area contributed by atoms with Gasteiger partial charge < -0.3 is 14.9 Å². The lowest BCUT2D eigenvalue weighted by Crippen LogP contribution is -2.33. The zero-order chi connectivity index (χ0) is 30.6. The molecule has 0 radical (unpaired) electrons. The molecule has 2 fully saturated rings. The highest BCUT2D eigenvalue weighted by Gasteiger charge is 2.57. The fraction of sp³-hybridized carbons (Fsp3) is 0.375. The molecular weight excluding hydrogens is 559 g/mol. The lowest BCUT2D eigenvalue weighted by atomic mass is 10.0. The fourth-order valence-electron chi connectivity index (χ4n) is 6.36. The summed E-state index contributed by atoms with van der Waals surface area (Å²) in [5.74, 6) is -4.11. The number of aliphatic carboxylic acids is 1. The Kier molecular flexibility index (Phi) is 7.35. The Morgan fingerprint density at radius 1 is 1.00 bits per heavy atom. The second-order valence-corrected chi connectivity index (χ2v) is 12.0. The van der Waals surface area contributed by atoms with Crippen molar-refractivity contribution in [1.82, 2.24) is 19.5 Å². The maximum absolute atomic E-state index is 14.3. The van der Waals surface area contributed by atoms with Crippen LogP contribution in [0.25, 0.3) is 16.9 Å². The number of rotatable bonds is 9. The van der Waals surface area contributed by atoms with Gasteiger partial charge in [-0.05, 0) is 48.3 Å². The van der Waals surface area contributed by atoms with Gasteiger partial charge in [0.25, 0.3) is 5.91 Å². The molecule has 1 aliphatic carbocycles. The van der Waals surface area contributed by atoms with Crippen molar-refractivity contribution in [2.24, 2.45) is 23.7 Å². The highest BCUT2D eigenvalue weighted by atomic mass is 19.2. The van der Waals surface area contributed by atoms with E-state index >= 15 is 0 Å². The van der Waals surface area contributed by atoms with E-state index < -0.39 is 23.4 Å². The van der Waals surface area contributed by atoms with Crippen molar-refractivity contribution in [2.75, 3.05) is 24.5 Å². The molecule has 224 valence electrons. The number of carbonyl (C=O) groups excluding carboxylic acids is 1. The Bertz CT molecular complexity index is 1670. The Balaban J connectivity index is 1.43. The summed E-state index contributed by atoms with van der Waals surface area (Å²) >= 11 is 0. The minimum absolute atomic E-state index is 0.0511. The highest BCUT2D eigenvalue weighted by molar-refractivity contribution is 5.94. The van der Waals surface area contributed by atoms with Crippen molar-refractivity contribution in [3.63, 3.8) is 0 Å². The molecular formula is C32H32F3N5O3. The Morgan fingerprint density at radius 2 is 1.65 bits per heavy atom. The predicted molar refractivity (Wildman–Crippen MR) is 154 cm³/mol. The number of halogens is 3. The second kappa shape index (κ2) is 11.0. The van der Waals surface area contributed by atoms with E-state index in [1.54, 1.807) is 21.5 Å². The standard InChI is InChI=1S/C32H32F3N5O3/c1-17(2)14-39(18(3)19-7-5-4-6-8-19)29-13-26(20-9-24(33)31(35)25(34)10-20)36-28-12-27(37-40(28)29)32(43)38-15-22-21(11-30(41)42)23(22)16-38/h4-10,12-13,17-18,21-23H,11,14-16H2,1-3H3,(H,41,42)/t18-,21?,22?,23?/m0/s1. The SMILES string of the molecule is CC(C)CN(c1cc(-c2cc(F)c(F)c(F)c2)nc2cc(C(=O)N3CC4C(CC(=O)O)C4C3)nn12)[C@@H](C)c1ccccc1. The van der Waals surface area contributed by atoms with Crippen molar-refractivity contribution >= 4 is 23.3 Å². The molecule has 3 atom stereocenters. The molecule has 1 N–H and O–H groups in total. The lowest BCUT2D eigenvalue weighted by Gasteiger charge is -2.33. The Labute approximate surface area is 246 Å². The van der Waals surface area contributed by atoms with E-state index in [0.717, 1.165) is 17.7 Å². The third kappa shape index (κ3) is 5.44. The van der Waals surface area contributed by atoms with E-state index in [2.05, 4.69) is 28.8 Å². The first kappa shape index (κ1) is 28.7.